The van der Waals surface area contributed by atoms with Crippen molar-refractivity contribution in [2.45, 2.75) is 6.42 Å². The van der Waals surface area contributed by atoms with Gasteiger partial charge in [-0.05, 0) is 0 Å². The van der Waals surface area contributed by atoms with E-state index in [1.54, 1.807) is 12.1 Å². The molecule has 0 aliphatic carbocycles. The van der Waals surface area contributed by atoms with Gasteiger partial charge in [0, 0.05) is 24.1 Å². The predicted octanol–water partition coefficient (Wildman–Crippen LogP) is -0.0370. The quantitative estimate of drug-likeness (QED) is 0.675. The van der Waals surface area contributed by atoms with Crippen molar-refractivity contribution in [2.75, 3.05) is 0 Å². The van der Waals surface area contributed by atoms with Gasteiger partial charge in [-0.1, -0.05) is 18.2 Å². The van der Waals surface area contributed by atoms with E-state index in [2.05, 4.69) is 5.10 Å². The lowest BCUT2D eigenvalue weighted by molar-refractivity contribution is -0.837. The normalized spacial score (nSPS) is 17.4. The van der Waals surface area contributed by atoms with Crippen molar-refractivity contribution in [3.8, 4) is 0 Å². The van der Waals surface area contributed by atoms with Crippen LogP contribution >= 0.6 is 0 Å². The lowest BCUT2D eigenvalue weighted by atomic mass is 10.1. The minimum Gasteiger partial charge on any atom is -0.601 e. The van der Waals surface area contributed by atoms with E-state index in [4.69, 9.17) is 5.11 Å². The average molecular weight is 231 g/mol. The third kappa shape index (κ3) is 1.42. The van der Waals surface area contributed by atoms with Gasteiger partial charge in [-0.2, -0.15) is 0 Å². The smallest absolute Gasteiger partial charge is 0.356 e. The zero-order chi connectivity index (χ0) is 12.0. The number of rotatable bonds is 1. The molecule has 2 heterocycles. The van der Waals surface area contributed by atoms with Gasteiger partial charge in [-0.25, -0.2) is 9.97 Å². The number of hydrogen-bond acceptors (Lipinski definition) is 3. The molecule has 6 heteroatoms. The summed E-state index contributed by atoms with van der Waals surface area (Å²) < 4.78 is 0. The molecule has 1 aliphatic heterocycles. The van der Waals surface area contributed by atoms with E-state index in [1.807, 2.05) is 12.1 Å². The number of benzene rings is 1. The van der Waals surface area contributed by atoms with Gasteiger partial charge in [0.25, 0.3) is 0 Å². The number of nitrogens with zero attached hydrogens (tertiary/aromatic N) is 2. The average Bonchev–Trinajstić information content (AvgIpc) is 2.74. The van der Waals surface area contributed by atoms with Crippen LogP contribution in [0.5, 0.6) is 0 Å². The maximum atomic E-state index is 12.1. The molecule has 1 aliphatic rings. The van der Waals surface area contributed by atoms with Crippen molar-refractivity contribution >= 4 is 11.7 Å². The topological polar surface area (TPSA) is 82.6 Å². The summed E-state index contributed by atoms with van der Waals surface area (Å²) in [5.41, 5.74) is 2.01. The molecule has 3 rings (SSSR count). The fourth-order valence-electron chi connectivity index (χ4n) is 2.02. The molecule has 0 saturated heterocycles. The van der Waals surface area contributed by atoms with Crippen molar-refractivity contribution in [1.82, 2.24) is 9.89 Å². The van der Waals surface area contributed by atoms with Crippen molar-refractivity contribution < 1.29 is 15.1 Å². The molecule has 0 spiro atoms. The Hall–Kier alpha value is -2.18. The van der Waals surface area contributed by atoms with Gasteiger partial charge in [0.1, 0.15) is 5.69 Å². The number of hydrogen-bond donors (Lipinski definition) is 2. The Morgan fingerprint density at radius 3 is 3.00 bits per heavy atom. The minimum atomic E-state index is -1.12. The summed E-state index contributed by atoms with van der Waals surface area (Å²) in [6.07, 6.45) is 0.530. The Bertz CT molecular complexity index is 606. The van der Waals surface area contributed by atoms with Gasteiger partial charge in [0.05, 0.1) is 0 Å². The van der Waals surface area contributed by atoms with Crippen LogP contribution in [-0.4, -0.2) is 21.0 Å². The van der Waals surface area contributed by atoms with E-state index in [0.29, 0.717) is 17.8 Å². The molecular formula is C11H9N3O3. The number of carboxylic acid groups (broad SMARTS) is 1. The van der Waals surface area contributed by atoms with Crippen molar-refractivity contribution in [3.05, 3.63) is 52.5 Å². The molecule has 0 radical (unpaired) electrons. The Kier molecular flexibility index (Phi) is 2.01. The third-order valence-electron chi connectivity index (χ3n) is 2.81. The monoisotopic (exact) mass is 231 g/mol. The van der Waals surface area contributed by atoms with Gasteiger partial charge in [-0.3, -0.25) is 0 Å². The maximum absolute atomic E-state index is 12.1. The summed E-state index contributed by atoms with van der Waals surface area (Å²) in [6, 6.07) is 8.67. The Labute approximate surface area is 96.3 Å². The second-order valence-electron chi connectivity index (χ2n) is 3.88. The van der Waals surface area contributed by atoms with Crippen molar-refractivity contribution in [3.63, 3.8) is 0 Å². The second kappa shape index (κ2) is 3.41. The SMILES string of the molecule is O=C(O)c1cc2n(n1)[NH+]([O-])c1ccccc1C2. The zero-order valence-electron chi connectivity index (χ0n) is 8.75. The highest BCUT2D eigenvalue weighted by Crippen LogP contribution is 2.19. The molecule has 0 amide bonds. The van der Waals surface area contributed by atoms with Gasteiger partial charge < -0.3 is 10.3 Å². The number of fused-ring (bicyclic) bond motifs is 2. The van der Waals surface area contributed by atoms with E-state index in [-0.39, 0.29) is 10.9 Å². The molecule has 0 fully saturated rings. The van der Waals surface area contributed by atoms with E-state index in [1.165, 1.54) is 10.9 Å². The van der Waals surface area contributed by atoms with Crippen LogP contribution in [0.3, 0.4) is 0 Å². The fourth-order valence-corrected chi connectivity index (χ4v) is 2.02. The molecule has 1 unspecified atom stereocenters. The number of quaternary nitrogens is 1. The standard InChI is InChI=1S/C11H9N3O3/c15-11(16)9-6-8-5-7-3-1-2-4-10(7)14(17)13(8)12-9/h1-4,6,14H,5H2,(H,15,16). The van der Waals surface area contributed by atoms with Crippen LogP contribution in [0.15, 0.2) is 30.3 Å². The van der Waals surface area contributed by atoms with E-state index < -0.39 is 5.97 Å². The molecular weight excluding hydrogens is 222 g/mol. The van der Waals surface area contributed by atoms with Crippen LogP contribution in [-0.2, 0) is 6.42 Å². The van der Waals surface area contributed by atoms with Crippen LogP contribution in [0.1, 0.15) is 21.7 Å². The van der Waals surface area contributed by atoms with Crippen LogP contribution in [0.4, 0.5) is 5.69 Å². The molecule has 1 aromatic carbocycles. The highest BCUT2D eigenvalue weighted by atomic mass is 16.5. The fraction of sp³-hybridized carbons (Fsp3) is 0.0909. The van der Waals surface area contributed by atoms with Crippen LogP contribution in [0, 0.1) is 5.21 Å². The molecule has 2 aromatic rings. The van der Waals surface area contributed by atoms with Crippen LogP contribution < -0.4 is 5.17 Å². The first-order valence-corrected chi connectivity index (χ1v) is 5.11. The van der Waals surface area contributed by atoms with Gasteiger partial charge >= 0.3 is 5.97 Å². The third-order valence-corrected chi connectivity index (χ3v) is 2.81. The van der Waals surface area contributed by atoms with E-state index >= 15 is 0 Å². The van der Waals surface area contributed by atoms with Crippen molar-refractivity contribution in [2.24, 2.45) is 0 Å². The Balaban J connectivity index is 2.13. The number of nitrogens with one attached hydrogen (secondary N) is 1. The molecule has 86 valence electrons. The number of carboxylic acids is 1. The predicted molar refractivity (Wildman–Crippen MR) is 57.8 cm³/mol. The summed E-state index contributed by atoms with van der Waals surface area (Å²) in [5.74, 6) is -1.12. The van der Waals surface area contributed by atoms with Gasteiger partial charge in [0.15, 0.2) is 11.4 Å². The van der Waals surface area contributed by atoms with E-state index in [9.17, 15) is 10.0 Å². The minimum absolute atomic E-state index is 0.0962. The summed E-state index contributed by atoms with van der Waals surface area (Å²) in [7, 11) is 0. The van der Waals surface area contributed by atoms with Crippen LogP contribution in [0.2, 0.25) is 0 Å². The highest BCUT2D eigenvalue weighted by molar-refractivity contribution is 5.85. The maximum Gasteiger partial charge on any atom is 0.356 e. The molecule has 2 N–H and O–H groups in total. The molecule has 1 atom stereocenters. The summed E-state index contributed by atoms with van der Waals surface area (Å²) in [4.78, 5) is 12.0. The number of aromatic nitrogens is 2. The van der Waals surface area contributed by atoms with Gasteiger partial charge in [-0.15, -0.1) is 9.89 Å². The summed E-state index contributed by atoms with van der Waals surface area (Å²) >= 11 is 0. The number of aromatic carboxylic acids is 1. The highest BCUT2D eigenvalue weighted by Gasteiger charge is 2.25. The second-order valence-corrected chi connectivity index (χ2v) is 3.88. The lowest BCUT2D eigenvalue weighted by Gasteiger charge is -2.27. The zero-order valence-corrected chi connectivity index (χ0v) is 8.75. The first-order valence-electron chi connectivity index (χ1n) is 5.11. The van der Waals surface area contributed by atoms with Gasteiger partial charge in [0.2, 0.25) is 0 Å². The molecule has 0 bridgehead atoms. The Morgan fingerprint density at radius 2 is 2.24 bits per heavy atom. The number of carbonyl (C=O) groups is 1. The van der Waals surface area contributed by atoms with Crippen LogP contribution in [0.25, 0.3) is 0 Å². The first kappa shape index (κ1) is 10.0. The van der Waals surface area contributed by atoms with E-state index in [0.717, 1.165) is 5.56 Å². The Morgan fingerprint density at radius 1 is 1.47 bits per heavy atom. The van der Waals surface area contributed by atoms with Crippen molar-refractivity contribution in [1.29, 1.82) is 0 Å². The largest absolute Gasteiger partial charge is 0.601 e. The first-order chi connectivity index (χ1) is 8.16. The lowest BCUT2D eigenvalue weighted by Crippen LogP contribution is -3.06. The molecule has 17 heavy (non-hydrogen) atoms. The molecule has 6 nitrogen and oxygen atoms in total. The summed E-state index contributed by atoms with van der Waals surface area (Å²) in [5, 5.41) is 24.4. The summed E-state index contributed by atoms with van der Waals surface area (Å²) in [6.45, 7) is 0. The molecule has 0 saturated carbocycles. The molecule has 1 aromatic heterocycles.